The monoisotopic (exact) mass is 238 g/mol. The SMILES string of the molecule is Cc1cc(F)c(Oc2ccc(F)cc2)c(F)c1. The normalized spacial score (nSPS) is 10.4. The molecule has 2 rings (SSSR count). The van der Waals surface area contributed by atoms with Gasteiger partial charge in [-0.1, -0.05) is 0 Å². The Morgan fingerprint density at radius 1 is 0.882 bits per heavy atom. The highest BCUT2D eigenvalue weighted by molar-refractivity contribution is 5.35. The van der Waals surface area contributed by atoms with E-state index in [-0.39, 0.29) is 5.75 Å². The van der Waals surface area contributed by atoms with Crippen LogP contribution in [0.25, 0.3) is 0 Å². The number of aryl methyl sites for hydroxylation is 1. The van der Waals surface area contributed by atoms with E-state index < -0.39 is 23.2 Å². The molecular weight excluding hydrogens is 229 g/mol. The molecule has 0 bridgehead atoms. The van der Waals surface area contributed by atoms with Crippen molar-refractivity contribution in [2.24, 2.45) is 0 Å². The number of hydrogen-bond donors (Lipinski definition) is 0. The van der Waals surface area contributed by atoms with Gasteiger partial charge in [-0.15, -0.1) is 0 Å². The summed E-state index contributed by atoms with van der Waals surface area (Å²) in [6, 6.07) is 7.24. The molecule has 4 heteroatoms. The van der Waals surface area contributed by atoms with Crippen molar-refractivity contribution in [3.63, 3.8) is 0 Å². The lowest BCUT2D eigenvalue weighted by molar-refractivity contribution is 0.406. The van der Waals surface area contributed by atoms with Crippen molar-refractivity contribution >= 4 is 0 Å². The molecular formula is C13H9F3O. The first-order chi connectivity index (χ1) is 8.06. The molecule has 0 aliphatic heterocycles. The van der Waals surface area contributed by atoms with E-state index in [4.69, 9.17) is 4.74 Å². The van der Waals surface area contributed by atoms with Crippen LogP contribution in [0.3, 0.4) is 0 Å². The van der Waals surface area contributed by atoms with E-state index in [0.29, 0.717) is 5.56 Å². The summed E-state index contributed by atoms with van der Waals surface area (Å²) in [5.74, 6) is -2.32. The van der Waals surface area contributed by atoms with E-state index in [2.05, 4.69) is 0 Å². The van der Waals surface area contributed by atoms with E-state index in [9.17, 15) is 13.2 Å². The van der Waals surface area contributed by atoms with E-state index >= 15 is 0 Å². The minimum absolute atomic E-state index is 0.174. The van der Waals surface area contributed by atoms with Gasteiger partial charge in [0.25, 0.3) is 0 Å². The fraction of sp³-hybridized carbons (Fsp3) is 0.0769. The zero-order valence-electron chi connectivity index (χ0n) is 9.01. The minimum Gasteiger partial charge on any atom is -0.451 e. The van der Waals surface area contributed by atoms with E-state index in [1.807, 2.05) is 0 Å². The minimum atomic E-state index is -0.785. The second-order valence-corrected chi connectivity index (χ2v) is 3.61. The molecule has 2 aromatic carbocycles. The quantitative estimate of drug-likeness (QED) is 0.761. The molecule has 88 valence electrons. The smallest absolute Gasteiger partial charge is 0.198 e. The van der Waals surface area contributed by atoms with Gasteiger partial charge in [0.05, 0.1) is 0 Å². The summed E-state index contributed by atoms with van der Waals surface area (Å²) >= 11 is 0. The highest BCUT2D eigenvalue weighted by atomic mass is 19.1. The van der Waals surface area contributed by atoms with Gasteiger partial charge < -0.3 is 4.74 Å². The summed E-state index contributed by atoms with van der Waals surface area (Å²) in [5, 5.41) is 0. The molecule has 0 amide bonds. The summed E-state index contributed by atoms with van der Waals surface area (Å²) in [6.45, 7) is 1.58. The van der Waals surface area contributed by atoms with Crippen LogP contribution in [-0.4, -0.2) is 0 Å². The fourth-order valence-electron chi connectivity index (χ4n) is 1.40. The first-order valence-corrected chi connectivity index (χ1v) is 4.95. The van der Waals surface area contributed by atoms with Gasteiger partial charge in [0.1, 0.15) is 11.6 Å². The highest BCUT2D eigenvalue weighted by Crippen LogP contribution is 2.28. The highest BCUT2D eigenvalue weighted by Gasteiger charge is 2.12. The number of hydrogen-bond acceptors (Lipinski definition) is 1. The van der Waals surface area contributed by atoms with Crippen LogP contribution in [0.5, 0.6) is 11.5 Å². The molecule has 0 fully saturated rings. The van der Waals surface area contributed by atoms with Gasteiger partial charge in [-0.05, 0) is 48.9 Å². The molecule has 1 nitrogen and oxygen atoms in total. The van der Waals surface area contributed by atoms with E-state index in [1.165, 1.54) is 24.3 Å². The van der Waals surface area contributed by atoms with Crippen LogP contribution in [0.4, 0.5) is 13.2 Å². The first kappa shape index (κ1) is 11.5. The Bertz CT molecular complexity index is 512. The predicted octanol–water partition coefficient (Wildman–Crippen LogP) is 4.20. The van der Waals surface area contributed by atoms with Gasteiger partial charge in [0.15, 0.2) is 17.4 Å². The average Bonchev–Trinajstić information content (AvgIpc) is 2.26. The van der Waals surface area contributed by atoms with Gasteiger partial charge in [-0.3, -0.25) is 0 Å². The Kier molecular flexibility index (Phi) is 3.04. The Labute approximate surface area is 96.5 Å². The third kappa shape index (κ3) is 2.58. The van der Waals surface area contributed by atoms with Gasteiger partial charge in [0, 0.05) is 0 Å². The fourth-order valence-corrected chi connectivity index (χ4v) is 1.40. The number of rotatable bonds is 2. The maximum absolute atomic E-state index is 13.4. The second-order valence-electron chi connectivity index (χ2n) is 3.61. The summed E-state index contributed by atoms with van der Waals surface area (Å²) in [7, 11) is 0. The van der Waals surface area contributed by atoms with Crippen LogP contribution in [0.15, 0.2) is 36.4 Å². The van der Waals surface area contributed by atoms with Gasteiger partial charge in [-0.25, -0.2) is 13.2 Å². The molecule has 0 radical (unpaired) electrons. The molecule has 0 aliphatic rings. The second kappa shape index (κ2) is 4.49. The van der Waals surface area contributed by atoms with Crippen molar-refractivity contribution in [2.75, 3.05) is 0 Å². The number of benzene rings is 2. The van der Waals surface area contributed by atoms with Crippen molar-refractivity contribution in [1.29, 1.82) is 0 Å². The van der Waals surface area contributed by atoms with Crippen molar-refractivity contribution < 1.29 is 17.9 Å². The lowest BCUT2D eigenvalue weighted by Gasteiger charge is -2.08. The Morgan fingerprint density at radius 2 is 1.41 bits per heavy atom. The van der Waals surface area contributed by atoms with Crippen molar-refractivity contribution in [1.82, 2.24) is 0 Å². The molecule has 17 heavy (non-hydrogen) atoms. The lowest BCUT2D eigenvalue weighted by Crippen LogP contribution is -1.93. The molecule has 0 spiro atoms. The van der Waals surface area contributed by atoms with Crippen LogP contribution in [0.1, 0.15) is 5.56 Å². The standard InChI is InChI=1S/C13H9F3O/c1-8-6-11(15)13(12(16)7-8)17-10-4-2-9(14)3-5-10/h2-7H,1H3. The maximum atomic E-state index is 13.4. The summed E-state index contributed by atoms with van der Waals surface area (Å²) in [6.07, 6.45) is 0. The van der Waals surface area contributed by atoms with Crippen molar-refractivity contribution in [3.8, 4) is 11.5 Å². The third-order valence-corrected chi connectivity index (χ3v) is 2.18. The Balaban J connectivity index is 2.33. The van der Waals surface area contributed by atoms with Crippen LogP contribution in [0, 0.1) is 24.4 Å². The molecule has 2 aromatic rings. The number of halogens is 3. The molecule has 0 aromatic heterocycles. The molecule has 0 unspecified atom stereocenters. The largest absolute Gasteiger partial charge is 0.451 e. The third-order valence-electron chi connectivity index (χ3n) is 2.18. The van der Waals surface area contributed by atoms with Crippen LogP contribution in [0.2, 0.25) is 0 Å². The topological polar surface area (TPSA) is 9.23 Å². The number of ether oxygens (including phenoxy) is 1. The van der Waals surface area contributed by atoms with Gasteiger partial charge in [0.2, 0.25) is 0 Å². The van der Waals surface area contributed by atoms with Gasteiger partial charge in [-0.2, -0.15) is 0 Å². The molecule has 0 N–H and O–H groups in total. The summed E-state index contributed by atoms with van der Waals surface area (Å²) < 4.78 is 44.5. The van der Waals surface area contributed by atoms with E-state index in [0.717, 1.165) is 12.1 Å². The molecule has 0 saturated carbocycles. The van der Waals surface area contributed by atoms with Crippen molar-refractivity contribution in [2.45, 2.75) is 6.92 Å². The van der Waals surface area contributed by atoms with Crippen molar-refractivity contribution in [3.05, 3.63) is 59.4 Å². The van der Waals surface area contributed by atoms with E-state index in [1.54, 1.807) is 6.92 Å². The summed E-state index contributed by atoms with van der Waals surface area (Å²) in [5.41, 5.74) is 0.464. The lowest BCUT2D eigenvalue weighted by atomic mass is 10.2. The maximum Gasteiger partial charge on any atom is 0.198 e. The Hall–Kier alpha value is -1.97. The van der Waals surface area contributed by atoms with Crippen LogP contribution >= 0.6 is 0 Å². The zero-order valence-corrected chi connectivity index (χ0v) is 9.01. The molecule has 0 aliphatic carbocycles. The summed E-state index contributed by atoms with van der Waals surface area (Å²) in [4.78, 5) is 0. The van der Waals surface area contributed by atoms with Crippen LogP contribution < -0.4 is 4.74 Å². The molecule has 0 heterocycles. The Morgan fingerprint density at radius 3 is 1.94 bits per heavy atom. The van der Waals surface area contributed by atoms with Gasteiger partial charge >= 0.3 is 0 Å². The molecule has 0 atom stereocenters. The molecule has 0 saturated heterocycles. The average molecular weight is 238 g/mol. The zero-order chi connectivity index (χ0) is 12.4. The first-order valence-electron chi connectivity index (χ1n) is 4.95. The van der Waals surface area contributed by atoms with Crippen LogP contribution in [-0.2, 0) is 0 Å². The predicted molar refractivity (Wildman–Crippen MR) is 57.6 cm³/mol.